The van der Waals surface area contributed by atoms with Crippen molar-refractivity contribution in [2.45, 2.75) is 0 Å². The maximum absolute atomic E-state index is 5.41. The van der Waals surface area contributed by atoms with Crippen LogP contribution in [0, 0.1) is 0 Å². The summed E-state index contributed by atoms with van der Waals surface area (Å²) in [5.74, 6) is 2.60. The molecule has 71 heavy (non-hydrogen) atoms. The Balaban J connectivity index is 0.974. The third-order valence-electron chi connectivity index (χ3n) is 13.7. The van der Waals surface area contributed by atoms with E-state index in [1.54, 1.807) is 0 Å². The molecule has 0 amide bonds. The van der Waals surface area contributed by atoms with Gasteiger partial charge in [0.25, 0.3) is 0 Å². The first-order chi connectivity index (χ1) is 35.2. The molecule has 0 N–H and O–H groups in total. The van der Waals surface area contributed by atoms with E-state index >= 15 is 0 Å². The van der Waals surface area contributed by atoms with E-state index in [1.807, 2.05) is 30.3 Å². The molecule has 0 atom stereocenters. The molecule has 0 radical (unpaired) electrons. The van der Waals surface area contributed by atoms with E-state index in [-0.39, 0.29) is 0 Å². The van der Waals surface area contributed by atoms with Crippen molar-refractivity contribution in [3.8, 4) is 73.7 Å². The molecular weight excluding hydrogens is 867 g/mol. The molecule has 0 unspecified atom stereocenters. The molecule has 14 aromatic rings. The second-order valence-corrected chi connectivity index (χ2v) is 17.9. The minimum absolute atomic E-state index is 0.575. The van der Waals surface area contributed by atoms with Crippen LogP contribution in [0.1, 0.15) is 0 Å². The predicted octanol–water partition coefficient (Wildman–Crippen LogP) is 15.7. The Bertz CT molecular complexity index is 4330. The minimum atomic E-state index is 0.575. The molecule has 332 valence electrons. The number of hydrogen-bond donors (Lipinski definition) is 0. The topological polar surface area (TPSA) is 66.3 Å². The van der Waals surface area contributed by atoms with Gasteiger partial charge in [-0.2, -0.15) is 0 Å². The first-order valence-electron chi connectivity index (χ1n) is 23.9. The molecule has 0 aliphatic heterocycles. The summed E-state index contributed by atoms with van der Waals surface area (Å²) >= 11 is 0. The molecule has 0 bridgehead atoms. The van der Waals surface area contributed by atoms with Gasteiger partial charge in [-0.25, -0.2) is 19.9 Å². The van der Waals surface area contributed by atoms with Crippen molar-refractivity contribution in [1.82, 2.24) is 33.6 Å². The lowest BCUT2D eigenvalue weighted by molar-refractivity contribution is 1.07. The standard InChI is InChI=1S/C64H41N7/c1-5-19-42(20-6-1)61-66-62(45-21-17-22-46(39-45)64-65-54-31-14-16-33-58(54)71(64)49-27-11-4-12-28-49)68-63(67-61)51-30-18-34-59-60(51)53-41-44(36-38-57(53)70(59)48-25-9-3-10-26-48)43-35-37-56-52(40-43)50-29-13-15-32-55(50)69(56)47-23-7-2-8-24-47/h1-41H. The highest BCUT2D eigenvalue weighted by Crippen LogP contribution is 2.42. The van der Waals surface area contributed by atoms with Crippen molar-refractivity contribution in [1.29, 1.82) is 0 Å². The summed E-state index contributed by atoms with van der Waals surface area (Å²) in [5.41, 5.74) is 15.6. The molecule has 0 saturated carbocycles. The molecule has 0 saturated heterocycles. The minimum Gasteiger partial charge on any atom is -0.309 e. The monoisotopic (exact) mass is 907 g/mol. The third-order valence-corrected chi connectivity index (χ3v) is 13.7. The molecule has 0 aliphatic rings. The van der Waals surface area contributed by atoms with Crippen LogP contribution in [0.2, 0.25) is 0 Å². The van der Waals surface area contributed by atoms with Crippen LogP contribution in [0.5, 0.6) is 0 Å². The van der Waals surface area contributed by atoms with Crippen molar-refractivity contribution < 1.29 is 0 Å². The Hall–Kier alpha value is -9.72. The lowest BCUT2D eigenvalue weighted by Crippen LogP contribution is -2.01. The van der Waals surface area contributed by atoms with Crippen molar-refractivity contribution in [3.63, 3.8) is 0 Å². The van der Waals surface area contributed by atoms with Crippen LogP contribution in [-0.4, -0.2) is 33.6 Å². The summed E-state index contributed by atoms with van der Waals surface area (Å²) < 4.78 is 6.94. The summed E-state index contributed by atoms with van der Waals surface area (Å²) in [6.45, 7) is 0. The number of imidazole rings is 1. The van der Waals surface area contributed by atoms with Crippen LogP contribution in [0.25, 0.3) is 128 Å². The Kier molecular flexibility index (Phi) is 9.38. The van der Waals surface area contributed by atoms with Crippen molar-refractivity contribution in [2.24, 2.45) is 0 Å². The summed E-state index contributed by atoms with van der Waals surface area (Å²) in [6.07, 6.45) is 0. The van der Waals surface area contributed by atoms with E-state index < -0.39 is 0 Å². The van der Waals surface area contributed by atoms with Gasteiger partial charge in [0.2, 0.25) is 0 Å². The normalized spacial score (nSPS) is 11.7. The average molecular weight is 908 g/mol. The molecule has 14 rings (SSSR count). The smallest absolute Gasteiger partial charge is 0.164 e. The first-order valence-corrected chi connectivity index (χ1v) is 23.9. The fourth-order valence-electron chi connectivity index (χ4n) is 10.5. The number of nitrogens with zero attached hydrogens (tertiary/aromatic N) is 7. The molecule has 4 aromatic heterocycles. The zero-order valence-electron chi connectivity index (χ0n) is 38.3. The third kappa shape index (κ3) is 6.74. The fraction of sp³-hybridized carbons (Fsp3) is 0. The molecule has 10 aromatic carbocycles. The number of hydrogen-bond acceptors (Lipinski definition) is 4. The zero-order chi connectivity index (χ0) is 46.8. The number of para-hydroxylation sites is 6. The summed E-state index contributed by atoms with van der Waals surface area (Å²) in [5, 5.41) is 4.60. The molecular formula is C64H41N7. The van der Waals surface area contributed by atoms with Crippen LogP contribution in [0.3, 0.4) is 0 Å². The maximum atomic E-state index is 5.41. The van der Waals surface area contributed by atoms with Gasteiger partial charge in [0.1, 0.15) is 5.82 Å². The number of rotatable bonds is 8. The quantitative estimate of drug-likeness (QED) is 0.152. The summed E-state index contributed by atoms with van der Waals surface area (Å²) in [6, 6.07) is 87.4. The molecule has 0 aliphatic carbocycles. The van der Waals surface area contributed by atoms with Crippen LogP contribution >= 0.6 is 0 Å². The van der Waals surface area contributed by atoms with E-state index in [9.17, 15) is 0 Å². The maximum Gasteiger partial charge on any atom is 0.164 e. The molecule has 7 heteroatoms. The van der Waals surface area contributed by atoms with Gasteiger partial charge in [-0.15, -0.1) is 0 Å². The molecule has 7 nitrogen and oxygen atoms in total. The number of fused-ring (bicyclic) bond motifs is 7. The highest BCUT2D eigenvalue weighted by molar-refractivity contribution is 6.17. The first kappa shape index (κ1) is 40.4. The second-order valence-electron chi connectivity index (χ2n) is 17.9. The van der Waals surface area contributed by atoms with Gasteiger partial charge in [-0.1, -0.05) is 158 Å². The van der Waals surface area contributed by atoms with Crippen LogP contribution in [0.4, 0.5) is 0 Å². The van der Waals surface area contributed by atoms with Gasteiger partial charge in [0.15, 0.2) is 17.5 Å². The molecule has 0 spiro atoms. The average Bonchev–Trinajstić information content (AvgIpc) is 4.12. The van der Waals surface area contributed by atoms with Crippen LogP contribution < -0.4 is 0 Å². The van der Waals surface area contributed by atoms with Gasteiger partial charge in [0, 0.05) is 60.9 Å². The van der Waals surface area contributed by atoms with Crippen molar-refractivity contribution in [3.05, 3.63) is 249 Å². The van der Waals surface area contributed by atoms with Gasteiger partial charge in [-0.3, -0.25) is 4.57 Å². The lowest BCUT2D eigenvalue weighted by atomic mass is 9.99. The highest BCUT2D eigenvalue weighted by Gasteiger charge is 2.22. The lowest BCUT2D eigenvalue weighted by Gasteiger charge is -2.12. The van der Waals surface area contributed by atoms with E-state index in [1.165, 1.54) is 21.8 Å². The molecule has 4 heterocycles. The van der Waals surface area contributed by atoms with Gasteiger partial charge >= 0.3 is 0 Å². The number of aromatic nitrogens is 7. The summed E-state index contributed by atoms with van der Waals surface area (Å²) in [7, 11) is 0. The van der Waals surface area contributed by atoms with Crippen molar-refractivity contribution in [2.75, 3.05) is 0 Å². The second kappa shape index (κ2) is 16.5. The largest absolute Gasteiger partial charge is 0.309 e. The van der Waals surface area contributed by atoms with E-state index in [0.29, 0.717) is 17.5 Å². The van der Waals surface area contributed by atoms with Gasteiger partial charge in [0.05, 0.1) is 33.1 Å². The van der Waals surface area contributed by atoms with E-state index in [4.69, 9.17) is 19.9 Å². The van der Waals surface area contributed by atoms with Crippen LogP contribution in [0.15, 0.2) is 249 Å². The molecule has 0 fully saturated rings. The van der Waals surface area contributed by atoms with E-state index in [0.717, 1.165) is 89.1 Å². The Morgan fingerprint density at radius 1 is 0.254 bits per heavy atom. The Labute approximate surface area is 408 Å². The van der Waals surface area contributed by atoms with Crippen LogP contribution in [-0.2, 0) is 0 Å². The Morgan fingerprint density at radius 3 is 1.44 bits per heavy atom. The number of benzene rings is 10. The predicted molar refractivity (Wildman–Crippen MR) is 290 cm³/mol. The summed E-state index contributed by atoms with van der Waals surface area (Å²) in [4.78, 5) is 21.1. The fourth-order valence-corrected chi connectivity index (χ4v) is 10.5. The zero-order valence-corrected chi connectivity index (χ0v) is 38.3. The van der Waals surface area contributed by atoms with Gasteiger partial charge < -0.3 is 9.13 Å². The highest BCUT2D eigenvalue weighted by atomic mass is 15.1. The Morgan fingerprint density at radius 2 is 0.732 bits per heavy atom. The van der Waals surface area contributed by atoms with Crippen molar-refractivity contribution >= 4 is 54.6 Å². The SMILES string of the molecule is c1ccc(-c2nc(-c3cccc(-c4nc5ccccc5n4-c4ccccc4)c3)nc(-c3cccc4c3c3cc(-c5ccc6c(c5)c5ccccc5n6-c5ccccc5)ccc3n4-c3ccccc3)n2)cc1. The van der Waals surface area contributed by atoms with Gasteiger partial charge in [-0.05, 0) is 102 Å². The van der Waals surface area contributed by atoms with E-state index in [2.05, 4.69) is 232 Å².